The first-order valence-corrected chi connectivity index (χ1v) is 7.54. The number of anilines is 1. The minimum Gasteiger partial charge on any atom is -0.391 e. The van der Waals surface area contributed by atoms with Crippen molar-refractivity contribution >= 4 is 16.6 Å². The third kappa shape index (κ3) is 3.43. The normalized spacial score (nSPS) is 12.3. The lowest BCUT2D eigenvalue weighted by Crippen LogP contribution is -2.22. The number of para-hydroxylation sites is 1. The fraction of sp³-hybridized carbons (Fsp3) is 0.211. The quantitative estimate of drug-likeness (QED) is 0.756. The van der Waals surface area contributed by atoms with Gasteiger partial charge in [0.1, 0.15) is 0 Å². The van der Waals surface area contributed by atoms with Crippen LogP contribution in [0.4, 0.5) is 5.69 Å². The molecule has 3 aromatic rings. The second-order valence-electron chi connectivity index (χ2n) is 5.55. The van der Waals surface area contributed by atoms with Gasteiger partial charge in [-0.05, 0) is 24.6 Å². The van der Waals surface area contributed by atoms with Gasteiger partial charge in [-0.3, -0.25) is 4.98 Å². The van der Waals surface area contributed by atoms with E-state index in [0.29, 0.717) is 13.0 Å². The van der Waals surface area contributed by atoms with Crippen molar-refractivity contribution in [2.45, 2.75) is 19.4 Å². The minimum absolute atomic E-state index is 0.422. The number of hydrogen-bond donors (Lipinski definition) is 2. The molecule has 3 rings (SSSR count). The van der Waals surface area contributed by atoms with Gasteiger partial charge in [-0.2, -0.15) is 0 Å². The highest BCUT2D eigenvalue weighted by Gasteiger charge is 2.08. The van der Waals surface area contributed by atoms with E-state index in [1.54, 1.807) is 0 Å². The van der Waals surface area contributed by atoms with Gasteiger partial charge in [-0.1, -0.05) is 48.5 Å². The Morgan fingerprint density at radius 3 is 2.59 bits per heavy atom. The largest absolute Gasteiger partial charge is 0.391 e. The van der Waals surface area contributed by atoms with Crippen molar-refractivity contribution in [3.63, 3.8) is 0 Å². The Balaban J connectivity index is 1.71. The van der Waals surface area contributed by atoms with E-state index in [1.165, 1.54) is 0 Å². The lowest BCUT2D eigenvalue weighted by atomic mass is 10.1. The second-order valence-corrected chi connectivity index (χ2v) is 5.55. The number of nitrogens with zero attached hydrogens (tertiary/aromatic N) is 1. The van der Waals surface area contributed by atoms with Crippen LogP contribution in [0.25, 0.3) is 10.9 Å². The van der Waals surface area contributed by atoms with Gasteiger partial charge in [0.25, 0.3) is 0 Å². The third-order valence-electron chi connectivity index (χ3n) is 3.69. The average Bonchev–Trinajstić information content (AvgIpc) is 2.53. The lowest BCUT2D eigenvalue weighted by Gasteiger charge is -2.15. The van der Waals surface area contributed by atoms with Crippen LogP contribution in [-0.4, -0.2) is 22.7 Å². The van der Waals surface area contributed by atoms with Gasteiger partial charge in [0, 0.05) is 29.7 Å². The number of fused-ring (bicyclic) bond motifs is 1. The molecule has 0 aliphatic rings. The number of pyridine rings is 1. The summed E-state index contributed by atoms with van der Waals surface area (Å²) in [6, 6.07) is 20.1. The van der Waals surface area contributed by atoms with E-state index in [2.05, 4.69) is 10.3 Å². The molecule has 0 aliphatic heterocycles. The fourth-order valence-corrected chi connectivity index (χ4v) is 2.64. The summed E-state index contributed by atoms with van der Waals surface area (Å²) in [4.78, 5) is 4.53. The second kappa shape index (κ2) is 6.58. The molecule has 0 aliphatic carbocycles. The van der Waals surface area contributed by atoms with E-state index >= 15 is 0 Å². The van der Waals surface area contributed by atoms with E-state index in [0.717, 1.165) is 27.8 Å². The Kier molecular flexibility index (Phi) is 4.35. The fourth-order valence-electron chi connectivity index (χ4n) is 2.64. The molecule has 1 unspecified atom stereocenters. The number of rotatable bonds is 5. The van der Waals surface area contributed by atoms with E-state index < -0.39 is 6.10 Å². The number of benzene rings is 2. The van der Waals surface area contributed by atoms with Crippen molar-refractivity contribution in [1.29, 1.82) is 0 Å². The number of aliphatic hydroxyl groups excluding tert-OH is 1. The van der Waals surface area contributed by atoms with E-state index in [-0.39, 0.29) is 0 Å². The number of aromatic nitrogens is 1. The molecule has 0 saturated carbocycles. The average molecular weight is 292 g/mol. The van der Waals surface area contributed by atoms with Crippen molar-refractivity contribution in [3.8, 4) is 0 Å². The van der Waals surface area contributed by atoms with Gasteiger partial charge in [0.15, 0.2) is 0 Å². The molecule has 0 amide bonds. The van der Waals surface area contributed by atoms with Crippen molar-refractivity contribution < 1.29 is 5.11 Å². The molecular weight excluding hydrogens is 272 g/mol. The molecule has 1 atom stereocenters. The van der Waals surface area contributed by atoms with E-state index in [4.69, 9.17) is 0 Å². The maximum atomic E-state index is 10.2. The summed E-state index contributed by atoms with van der Waals surface area (Å²) in [7, 11) is 0. The van der Waals surface area contributed by atoms with Crippen molar-refractivity contribution in [1.82, 2.24) is 4.98 Å². The first-order valence-electron chi connectivity index (χ1n) is 7.54. The highest BCUT2D eigenvalue weighted by Crippen LogP contribution is 2.22. The Labute approximate surface area is 130 Å². The molecule has 0 saturated heterocycles. The number of aliphatic hydroxyl groups is 1. The monoisotopic (exact) mass is 292 g/mol. The first kappa shape index (κ1) is 14.5. The minimum atomic E-state index is -0.422. The van der Waals surface area contributed by atoms with Gasteiger partial charge in [0.2, 0.25) is 0 Å². The molecule has 2 aromatic carbocycles. The van der Waals surface area contributed by atoms with Gasteiger partial charge in [-0.25, -0.2) is 0 Å². The zero-order valence-corrected chi connectivity index (χ0v) is 12.7. The summed E-state index contributed by atoms with van der Waals surface area (Å²) >= 11 is 0. The maximum Gasteiger partial charge on any atom is 0.0752 e. The molecule has 2 N–H and O–H groups in total. The number of nitrogens with one attached hydrogen (secondary N) is 1. The maximum absolute atomic E-state index is 10.2. The molecule has 0 spiro atoms. The highest BCUT2D eigenvalue weighted by molar-refractivity contribution is 5.91. The van der Waals surface area contributed by atoms with Crippen LogP contribution in [0.15, 0.2) is 60.7 Å². The smallest absolute Gasteiger partial charge is 0.0752 e. The third-order valence-corrected chi connectivity index (χ3v) is 3.69. The standard InChI is InChI=1S/C19H20N2O/c1-14-11-19(17-9-5-6-10-18(17)21-14)20-13-16(22)12-15-7-3-2-4-8-15/h2-11,16,22H,12-13H2,1H3,(H,20,21). The number of hydrogen-bond acceptors (Lipinski definition) is 3. The van der Waals surface area contributed by atoms with Crippen LogP contribution in [-0.2, 0) is 6.42 Å². The zero-order chi connectivity index (χ0) is 15.4. The molecule has 112 valence electrons. The molecule has 0 radical (unpaired) electrons. The summed E-state index contributed by atoms with van der Waals surface area (Å²) in [5.41, 5.74) is 4.11. The Hall–Kier alpha value is -2.39. The molecule has 22 heavy (non-hydrogen) atoms. The van der Waals surface area contributed by atoms with Crippen LogP contribution in [0.3, 0.4) is 0 Å². The molecule has 1 aromatic heterocycles. The zero-order valence-electron chi connectivity index (χ0n) is 12.7. The Morgan fingerprint density at radius 2 is 1.77 bits per heavy atom. The molecule has 3 heteroatoms. The molecular formula is C19H20N2O. The van der Waals surface area contributed by atoms with Crippen LogP contribution >= 0.6 is 0 Å². The lowest BCUT2D eigenvalue weighted by molar-refractivity contribution is 0.188. The van der Waals surface area contributed by atoms with E-state index in [9.17, 15) is 5.11 Å². The summed E-state index contributed by atoms with van der Waals surface area (Å²) in [5, 5.41) is 14.7. The summed E-state index contributed by atoms with van der Waals surface area (Å²) in [5.74, 6) is 0. The first-order chi connectivity index (χ1) is 10.7. The van der Waals surface area contributed by atoms with Crippen LogP contribution in [0, 0.1) is 6.92 Å². The van der Waals surface area contributed by atoms with Gasteiger partial charge < -0.3 is 10.4 Å². The molecule has 3 nitrogen and oxygen atoms in total. The van der Waals surface area contributed by atoms with Gasteiger partial charge in [-0.15, -0.1) is 0 Å². The molecule has 0 fully saturated rings. The predicted molar refractivity (Wildman–Crippen MR) is 91.1 cm³/mol. The Bertz CT molecular complexity index is 756. The van der Waals surface area contributed by atoms with Crippen molar-refractivity contribution in [3.05, 3.63) is 71.9 Å². The van der Waals surface area contributed by atoms with Crippen LogP contribution in [0.5, 0.6) is 0 Å². The van der Waals surface area contributed by atoms with Gasteiger partial charge >= 0.3 is 0 Å². The molecule has 0 bridgehead atoms. The Morgan fingerprint density at radius 1 is 1.05 bits per heavy atom. The summed E-state index contributed by atoms with van der Waals surface area (Å²) < 4.78 is 0. The SMILES string of the molecule is Cc1cc(NCC(O)Cc2ccccc2)c2ccccc2n1. The van der Waals surface area contributed by atoms with Crippen molar-refractivity contribution in [2.75, 3.05) is 11.9 Å². The van der Waals surface area contributed by atoms with Crippen LogP contribution in [0.1, 0.15) is 11.3 Å². The van der Waals surface area contributed by atoms with Crippen LogP contribution < -0.4 is 5.32 Å². The summed E-state index contributed by atoms with van der Waals surface area (Å²) in [6.07, 6.45) is 0.227. The topological polar surface area (TPSA) is 45.1 Å². The number of aryl methyl sites for hydroxylation is 1. The molecule has 1 heterocycles. The predicted octanol–water partition coefficient (Wildman–Crippen LogP) is 3.56. The van der Waals surface area contributed by atoms with E-state index in [1.807, 2.05) is 67.6 Å². The highest BCUT2D eigenvalue weighted by atomic mass is 16.3. The van der Waals surface area contributed by atoms with Gasteiger partial charge in [0.05, 0.1) is 11.6 Å². The van der Waals surface area contributed by atoms with Crippen molar-refractivity contribution in [2.24, 2.45) is 0 Å². The van der Waals surface area contributed by atoms with Crippen LogP contribution in [0.2, 0.25) is 0 Å². The summed E-state index contributed by atoms with van der Waals surface area (Å²) in [6.45, 7) is 2.50.